The Morgan fingerprint density at radius 3 is 2.45 bits per heavy atom. The lowest BCUT2D eigenvalue weighted by atomic mass is 10.1. The van der Waals surface area contributed by atoms with Gasteiger partial charge in [-0.05, 0) is 30.5 Å². The smallest absolute Gasteiger partial charge is 0.115 e. The zero-order chi connectivity index (χ0) is 14.4. The normalized spacial score (nSPS) is 17.9. The van der Waals surface area contributed by atoms with E-state index in [0.29, 0.717) is 22.5 Å². The Balaban J connectivity index is 2.05. The van der Waals surface area contributed by atoms with Crippen molar-refractivity contribution in [2.45, 2.75) is 51.0 Å². The second-order valence-electron chi connectivity index (χ2n) is 5.29. The average Bonchev–Trinajstić information content (AvgIpc) is 2.71. The van der Waals surface area contributed by atoms with Crippen LogP contribution in [0.15, 0.2) is 23.2 Å². The summed E-state index contributed by atoms with van der Waals surface area (Å²) >= 11 is 12.0. The topological polar surface area (TPSA) is 50.4 Å². The summed E-state index contributed by atoms with van der Waals surface area (Å²) in [6.45, 7) is 0. The molecule has 110 valence electrons. The number of nitrogens with zero attached hydrogens (tertiary/aromatic N) is 1. The maximum atomic E-state index is 6.03. The zero-order valence-electron chi connectivity index (χ0n) is 11.5. The first-order chi connectivity index (χ1) is 9.69. The molecule has 1 aromatic rings. The summed E-state index contributed by atoms with van der Waals surface area (Å²) in [4.78, 5) is 4.77. The first-order valence-electron chi connectivity index (χ1n) is 7.16. The molecule has 0 unspecified atom stereocenters. The van der Waals surface area contributed by atoms with Crippen molar-refractivity contribution >= 4 is 29.0 Å². The van der Waals surface area contributed by atoms with E-state index >= 15 is 0 Å². The number of amidine groups is 1. The largest absolute Gasteiger partial charge is 0.312 e. The molecular formula is C15H21Cl2N3. The van der Waals surface area contributed by atoms with E-state index in [2.05, 4.69) is 5.43 Å². The predicted molar refractivity (Wildman–Crippen MR) is 86.4 cm³/mol. The molecule has 0 aromatic heterocycles. The lowest BCUT2D eigenvalue weighted by Gasteiger charge is -2.13. The van der Waals surface area contributed by atoms with Crippen molar-refractivity contribution in [2.75, 3.05) is 0 Å². The van der Waals surface area contributed by atoms with Crippen LogP contribution in [0.3, 0.4) is 0 Å². The van der Waals surface area contributed by atoms with E-state index in [4.69, 9.17) is 34.0 Å². The van der Waals surface area contributed by atoms with Gasteiger partial charge in [-0.3, -0.25) is 4.99 Å². The van der Waals surface area contributed by atoms with Crippen molar-refractivity contribution in [1.82, 2.24) is 5.43 Å². The molecule has 1 saturated carbocycles. The maximum Gasteiger partial charge on any atom is 0.115 e. The molecular weight excluding hydrogens is 293 g/mol. The van der Waals surface area contributed by atoms with Crippen LogP contribution in [0, 0.1) is 0 Å². The number of rotatable bonds is 3. The molecule has 1 aromatic carbocycles. The molecule has 3 nitrogen and oxygen atoms in total. The number of hydrogen-bond acceptors (Lipinski definition) is 2. The van der Waals surface area contributed by atoms with Gasteiger partial charge in [0.15, 0.2) is 0 Å². The van der Waals surface area contributed by atoms with Crippen LogP contribution in [0.4, 0.5) is 0 Å². The van der Waals surface area contributed by atoms with Crippen LogP contribution >= 0.6 is 23.2 Å². The van der Waals surface area contributed by atoms with Gasteiger partial charge in [-0.25, -0.2) is 5.84 Å². The third kappa shape index (κ3) is 4.65. The first-order valence-corrected chi connectivity index (χ1v) is 7.92. The molecule has 1 aliphatic carbocycles. The highest BCUT2D eigenvalue weighted by Gasteiger charge is 2.12. The van der Waals surface area contributed by atoms with Gasteiger partial charge in [-0.2, -0.15) is 0 Å². The first kappa shape index (κ1) is 15.6. The minimum Gasteiger partial charge on any atom is -0.312 e. The molecule has 0 amide bonds. The van der Waals surface area contributed by atoms with Gasteiger partial charge in [0, 0.05) is 6.42 Å². The Labute approximate surface area is 130 Å². The van der Waals surface area contributed by atoms with E-state index in [1.54, 1.807) is 6.07 Å². The van der Waals surface area contributed by atoms with Gasteiger partial charge in [0.25, 0.3) is 0 Å². The highest BCUT2D eigenvalue weighted by molar-refractivity contribution is 6.42. The molecule has 1 fully saturated rings. The SMILES string of the molecule is NNC(Cc1ccc(Cl)c(Cl)c1)=NC1CCCCCC1. The quantitative estimate of drug-likeness (QED) is 0.290. The van der Waals surface area contributed by atoms with Crippen LogP contribution in [0.5, 0.6) is 0 Å². The molecule has 3 N–H and O–H groups in total. The van der Waals surface area contributed by atoms with Crippen LogP contribution < -0.4 is 11.3 Å². The third-order valence-electron chi connectivity index (χ3n) is 3.69. The molecule has 0 spiro atoms. The summed E-state index contributed by atoms with van der Waals surface area (Å²) in [5.74, 6) is 6.42. The van der Waals surface area contributed by atoms with Gasteiger partial charge >= 0.3 is 0 Å². The van der Waals surface area contributed by atoms with Crippen LogP contribution in [-0.2, 0) is 6.42 Å². The van der Waals surface area contributed by atoms with E-state index in [1.165, 1.54) is 25.7 Å². The molecule has 5 heteroatoms. The van der Waals surface area contributed by atoms with Crippen molar-refractivity contribution in [3.05, 3.63) is 33.8 Å². The van der Waals surface area contributed by atoms with E-state index in [9.17, 15) is 0 Å². The number of aliphatic imine (C=N–C) groups is 1. The average molecular weight is 314 g/mol. The summed E-state index contributed by atoms with van der Waals surface area (Å²) < 4.78 is 0. The predicted octanol–water partition coefficient (Wildman–Crippen LogP) is 4.12. The lowest BCUT2D eigenvalue weighted by molar-refractivity contribution is 0.581. The molecule has 0 bridgehead atoms. The van der Waals surface area contributed by atoms with Gasteiger partial charge in [0.2, 0.25) is 0 Å². The van der Waals surface area contributed by atoms with Crippen molar-refractivity contribution in [2.24, 2.45) is 10.8 Å². The van der Waals surface area contributed by atoms with Crippen molar-refractivity contribution in [1.29, 1.82) is 0 Å². The molecule has 1 aliphatic rings. The summed E-state index contributed by atoms with van der Waals surface area (Å²) in [7, 11) is 0. The number of nitrogens with two attached hydrogens (primary N) is 1. The van der Waals surface area contributed by atoms with Gasteiger partial charge in [-0.1, -0.05) is 55.0 Å². The summed E-state index contributed by atoms with van der Waals surface area (Å²) in [6, 6.07) is 6.02. The Morgan fingerprint density at radius 1 is 1.15 bits per heavy atom. The van der Waals surface area contributed by atoms with E-state index < -0.39 is 0 Å². The number of benzene rings is 1. The van der Waals surface area contributed by atoms with Crippen LogP contribution in [0.25, 0.3) is 0 Å². The van der Waals surface area contributed by atoms with Crippen LogP contribution in [-0.4, -0.2) is 11.9 Å². The molecule has 0 heterocycles. The minimum atomic E-state index is 0.395. The van der Waals surface area contributed by atoms with Crippen LogP contribution in [0.1, 0.15) is 44.1 Å². The standard InChI is InChI=1S/C15H21Cl2N3/c16-13-8-7-11(9-14(13)17)10-15(20-18)19-12-5-3-1-2-4-6-12/h7-9,12H,1-6,10,18H2,(H,19,20). The van der Waals surface area contributed by atoms with Gasteiger partial charge in [-0.15, -0.1) is 0 Å². The van der Waals surface area contributed by atoms with Gasteiger partial charge in [0.05, 0.1) is 16.1 Å². The highest BCUT2D eigenvalue weighted by Crippen LogP contribution is 2.23. The fraction of sp³-hybridized carbons (Fsp3) is 0.533. The maximum absolute atomic E-state index is 6.03. The number of halogens is 2. The number of hydrogen-bond donors (Lipinski definition) is 2. The molecule has 2 rings (SSSR count). The Morgan fingerprint density at radius 2 is 1.85 bits per heavy atom. The molecule has 0 aliphatic heterocycles. The van der Waals surface area contributed by atoms with E-state index in [1.807, 2.05) is 12.1 Å². The Kier molecular flexibility index (Phi) is 6.14. The summed E-state index contributed by atoms with van der Waals surface area (Å²) in [5.41, 5.74) is 3.79. The van der Waals surface area contributed by atoms with Crippen LogP contribution in [0.2, 0.25) is 10.0 Å². The number of hydrazine groups is 1. The summed E-state index contributed by atoms with van der Waals surface area (Å²) in [5, 5.41) is 1.13. The zero-order valence-corrected chi connectivity index (χ0v) is 13.1. The second kappa shape index (κ2) is 7.87. The van der Waals surface area contributed by atoms with Gasteiger partial charge in [0.1, 0.15) is 5.84 Å². The fourth-order valence-electron chi connectivity index (χ4n) is 2.58. The van der Waals surface area contributed by atoms with E-state index in [0.717, 1.165) is 24.2 Å². The monoisotopic (exact) mass is 313 g/mol. The van der Waals surface area contributed by atoms with Gasteiger partial charge < -0.3 is 5.43 Å². The third-order valence-corrected chi connectivity index (χ3v) is 4.42. The second-order valence-corrected chi connectivity index (χ2v) is 6.11. The Bertz CT molecular complexity index is 466. The van der Waals surface area contributed by atoms with Crippen molar-refractivity contribution in [3.8, 4) is 0 Å². The molecule has 0 atom stereocenters. The fourth-order valence-corrected chi connectivity index (χ4v) is 2.90. The molecule has 0 radical (unpaired) electrons. The van der Waals surface area contributed by atoms with Crippen molar-refractivity contribution < 1.29 is 0 Å². The molecule has 0 saturated heterocycles. The van der Waals surface area contributed by atoms with E-state index in [-0.39, 0.29) is 0 Å². The molecule has 20 heavy (non-hydrogen) atoms. The summed E-state index contributed by atoms with van der Waals surface area (Å²) in [6.07, 6.45) is 8.15. The lowest BCUT2D eigenvalue weighted by Crippen LogP contribution is -2.33. The highest BCUT2D eigenvalue weighted by atomic mass is 35.5. The number of nitrogens with one attached hydrogen (secondary N) is 1. The Hall–Kier alpha value is -0.770. The minimum absolute atomic E-state index is 0.395. The van der Waals surface area contributed by atoms with Crippen molar-refractivity contribution in [3.63, 3.8) is 0 Å².